The Labute approximate surface area is 84.7 Å². The second kappa shape index (κ2) is 5.42. The summed E-state index contributed by atoms with van der Waals surface area (Å²) < 4.78 is 0. The first kappa shape index (κ1) is 10.8. The van der Waals surface area contributed by atoms with Crippen molar-refractivity contribution in [3.63, 3.8) is 0 Å². The second-order valence-electron chi connectivity index (χ2n) is 3.43. The van der Waals surface area contributed by atoms with Gasteiger partial charge in [-0.15, -0.1) is 0 Å². The van der Waals surface area contributed by atoms with E-state index in [4.69, 9.17) is 0 Å². The van der Waals surface area contributed by atoms with Crippen molar-refractivity contribution < 1.29 is 4.79 Å². The standard InChI is InChI=1S/C10H17N3O/c1-3-4-5-6-13(2)7-9-10(14)12-8-11-9/h7-8H,3-6H2,1-2H3,(H,11,12,14)/b9-7-. The van der Waals surface area contributed by atoms with Gasteiger partial charge >= 0.3 is 0 Å². The molecule has 0 unspecified atom stereocenters. The predicted molar refractivity (Wildman–Crippen MR) is 56.9 cm³/mol. The van der Waals surface area contributed by atoms with Crippen LogP contribution in [0.5, 0.6) is 0 Å². The Hall–Kier alpha value is -1.32. The second-order valence-corrected chi connectivity index (χ2v) is 3.43. The molecule has 1 heterocycles. The highest BCUT2D eigenvalue weighted by Gasteiger charge is 2.12. The van der Waals surface area contributed by atoms with E-state index in [0.717, 1.165) is 13.0 Å². The molecule has 1 N–H and O–H groups in total. The minimum absolute atomic E-state index is 0.118. The van der Waals surface area contributed by atoms with Crippen molar-refractivity contribution in [1.29, 1.82) is 0 Å². The third-order valence-electron chi connectivity index (χ3n) is 2.09. The molecule has 1 aliphatic heterocycles. The molecule has 1 rings (SSSR count). The number of hydrogen-bond acceptors (Lipinski definition) is 3. The van der Waals surface area contributed by atoms with Gasteiger partial charge in [0.25, 0.3) is 5.91 Å². The van der Waals surface area contributed by atoms with Gasteiger partial charge in [0.15, 0.2) is 0 Å². The summed E-state index contributed by atoms with van der Waals surface area (Å²) in [6.45, 7) is 3.15. The zero-order valence-electron chi connectivity index (χ0n) is 8.79. The largest absolute Gasteiger partial charge is 0.379 e. The van der Waals surface area contributed by atoms with Crippen molar-refractivity contribution in [2.24, 2.45) is 4.99 Å². The summed E-state index contributed by atoms with van der Waals surface area (Å²) in [5, 5.41) is 2.52. The van der Waals surface area contributed by atoms with E-state index >= 15 is 0 Å². The van der Waals surface area contributed by atoms with E-state index in [9.17, 15) is 4.79 Å². The van der Waals surface area contributed by atoms with Gasteiger partial charge in [0.05, 0.1) is 6.34 Å². The first-order chi connectivity index (χ1) is 6.74. The summed E-state index contributed by atoms with van der Waals surface area (Å²) in [6.07, 6.45) is 6.80. The Balaban J connectivity index is 2.34. The lowest BCUT2D eigenvalue weighted by Gasteiger charge is -2.13. The molecule has 0 aromatic rings. The minimum Gasteiger partial charge on any atom is -0.379 e. The first-order valence-electron chi connectivity index (χ1n) is 4.99. The number of rotatable bonds is 5. The average Bonchev–Trinajstić information content (AvgIpc) is 2.52. The van der Waals surface area contributed by atoms with Crippen LogP contribution in [0, 0.1) is 0 Å². The first-order valence-corrected chi connectivity index (χ1v) is 4.99. The number of nitrogens with zero attached hydrogens (tertiary/aromatic N) is 2. The molecule has 4 heteroatoms. The summed E-state index contributed by atoms with van der Waals surface area (Å²) in [5.74, 6) is -0.118. The maximum absolute atomic E-state index is 11.1. The lowest BCUT2D eigenvalue weighted by Crippen LogP contribution is -2.18. The molecule has 14 heavy (non-hydrogen) atoms. The van der Waals surface area contributed by atoms with E-state index in [1.54, 1.807) is 6.20 Å². The van der Waals surface area contributed by atoms with E-state index in [1.165, 1.54) is 19.2 Å². The van der Waals surface area contributed by atoms with Crippen molar-refractivity contribution in [3.05, 3.63) is 11.9 Å². The van der Waals surface area contributed by atoms with Gasteiger partial charge in [-0.25, -0.2) is 4.99 Å². The van der Waals surface area contributed by atoms with Crippen molar-refractivity contribution in [2.75, 3.05) is 13.6 Å². The molecule has 0 saturated carbocycles. The lowest BCUT2D eigenvalue weighted by atomic mass is 10.2. The maximum atomic E-state index is 11.1. The highest BCUT2D eigenvalue weighted by atomic mass is 16.2. The Morgan fingerprint density at radius 1 is 1.57 bits per heavy atom. The Morgan fingerprint density at radius 3 is 2.93 bits per heavy atom. The Morgan fingerprint density at radius 2 is 2.36 bits per heavy atom. The smallest absolute Gasteiger partial charge is 0.276 e. The fraction of sp³-hybridized carbons (Fsp3) is 0.600. The number of nitrogens with one attached hydrogen (secondary N) is 1. The Kier molecular flexibility index (Phi) is 4.16. The molecule has 0 fully saturated rings. The van der Waals surface area contributed by atoms with Crippen molar-refractivity contribution in [1.82, 2.24) is 10.2 Å². The molecule has 1 amide bonds. The molecule has 1 aliphatic rings. The zero-order valence-corrected chi connectivity index (χ0v) is 8.79. The summed E-state index contributed by atoms with van der Waals surface area (Å²) in [7, 11) is 1.96. The van der Waals surface area contributed by atoms with Crippen LogP contribution >= 0.6 is 0 Å². The van der Waals surface area contributed by atoms with Crippen molar-refractivity contribution in [3.8, 4) is 0 Å². The molecule has 0 aromatic carbocycles. The molecule has 0 saturated heterocycles. The van der Waals surface area contributed by atoms with Crippen LogP contribution in [-0.4, -0.2) is 30.7 Å². The third-order valence-corrected chi connectivity index (χ3v) is 2.09. The molecule has 0 aliphatic carbocycles. The van der Waals surface area contributed by atoms with Gasteiger partial charge in [-0.3, -0.25) is 4.79 Å². The normalized spacial score (nSPS) is 17.6. The number of hydrogen-bond donors (Lipinski definition) is 1. The van der Waals surface area contributed by atoms with Gasteiger partial charge in [0.2, 0.25) is 0 Å². The summed E-state index contributed by atoms with van der Waals surface area (Å²) in [4.78, 5) is 17.0. The summed E-state index contributed by atoms with van der Waals surface area (Å²) >= 11 is 0. The maximum Gasteiger partial charge on any atom is 0.276 e. The lowest BCUT2D eigenvalue weighted by molar-refractivity contribution is -0.115. The SMILES string of the molecule is CCCCCN(C)/C=C1\N=CNC1=O. The van der Waals surface area contributed by atoms with Crippen LogP contribution in [-0.2, 0) is 4.79 Å². The molecule has 4 nitrogen and oxygen atoms in total. The third kappa shape index (κ3) is 3.20. The molecule has 0 radical (unpaired) electrons. The van der Waals surface area contributed by atoms with Gasteiger partial charge < -0.3 is 10.2 Å². The quantitative estimate of drug-likeness (QED) is 0.527. The fourth-order valence-corrected chi connectivity index (χ4v) is 1.27. The van der Waals surface area contributed by atoms with E-state index in [-0.39, 0.29) is 5.91 Å². The van der Waals surface area contributed by atoms with Crippen LogP contribution in [0.25, 0.3) is 0 Å². The van der Waals surface area contributed by atoms with Crippen LogP contribution in [0.2, 0.25) is 0 Å². The van der Waals surface area contributed by atoms with Crippen LogP contribution < -0.4 is 5.32 Å². The molecular weight excluding hydrogens is 178 g/mol. The number of aliphatic imine (C=N–C) groups is 1. The molecule has 0 bridgehead atoms. The van der Waals surface area contributed by atoms with E-state index in [0.29, 0.717) is 5.70 Å². The molecule has 0 spiro atoms. The number of amides is 1. The molecule has 78 valence electrons. The average molecular weight is 195 g/mol. The minimum atomic E-state index is -0.118. The van der Waals surface area contributed by atoms with Crippen molar-refractivity contribution >= 4 is 12.2 Å². The van der Waals surface area contributed by atoms with E-state index in [2.05, 4.69) is 17.2 Å². The number of unbranched alkanes of at least 4 members (excludes halogenated alkanes) is 2. The van der Waals surface area contributed by atoms with Crippen LogP contribution in [0.4, 0.5) is 0 Å². The summed E-state index contributed by atoms with van der Waals surface area (Å²) in [5.41, 5.74) is 0.490. The highest BCUT2D eigenvalue weighted by molar-refractivity contribution is 6.05. The summed E-state index contributed by atoms with van der Waals surface area (Å²) in [6, 6.07) is 0. The molecule has 0 atom stereocenters. The predicted octanol–water partition coefficient (Wildman–Crippen LogP) is 1.11. The van der Waals surface area contributed by atoms with Gasteiger partial charge in [0.1, 0.15) is 5.70 Å². The van der Waals surface area contributed by atoms with Crippen LogP contribution in [0.1, 0.15) is 26.2 Å². The monoisotopic (exact) mass is 195 g/mol. The van der Waals surface area contributed by atoms with Crippen molar-refractivity contribution in [2.45, 2.75) is 26.2 Å². The number of carbonyl (C=O) groups is 1. The van der Waals surface area contributed by atoms with Gasteiger partial charge in [-0.1, -0.05) is 19.8 Å². The van der Waals surface area contributed by atoms with E-state index in [1.807, 2.05) is 11.9 Å². The van der Waals surface area contributed by atoms with Gasteiger partial charge in [-0.05, 0) is 6.42 Å². The molecule has 0 aromatic heterocycles. The highest BCUT2D eigenvalue weighted by Crippen LogP contribution is 2.04. The van der Waals surface area contributed by atoms with Crippen LogP contribution in [0.15, 0.2) is 16.9 Å². The fourth-order valence-electron chi connectivity index (χ4n) is 1.27. The molecular formula is C10H17N3O. The topological polar surface area (TPSA) is 44.7 Å². The zero-order chi connectivity index (χ0) is 10.4. The van der Waals surface area contributed by atoms with Crippen LogP contribution in [0.3, 0.4) is 0 Å². The number of carbonyl (C=O) groups excluding carboxylic acids is 1. The van der Waals surface area contributed by atoms with Gasteiger partial charge in [-0.2, -0.15) is 0 Å². The van der Waals surface area contributed by atoms with Gasteiger partial charge in [0, 0.05) is 19.8 Å². The Bertz CT molecular complexity index is 258. The van der Waals surface area contributed by atoms with E-state index < -0.39 is 0 Å².